The number of carbonyl (C=O) groups is 3. The highest BCUT2D eigenvalue weighted by Gasteiger charge is 2.24. The number of nitrogens with zero attached hydrogens (tertiary/aromatic N) is 1. The maximum Gasteiger partial charge on any atom is 0.321 e. The smallest absolute Gasteiger partial charge is 0.321 e. The Morgan fingerprint density at radius 3 is 2.75 bits per heavy atom. The third-order valence-electron chi connectivity index (χ3n) is 3.29. The van der Waals surface area contributed by atoms with E-state index in [9.17, 15) is 14.4 Å². The van der Waals surface area contributed by atoms with E-state index in [1.165, 1.54) is 0 Å². The molecule has 1 atom stereocenters. The van der Waals surface area contributed by atoms with Crippen molar-refractivity contribution in [1.82, 2.24) is 15.5 Å². The molecule has 1 unspecified atom stereocenters. The zero-order valence-electron chi connectivity index (χ0n) is 11.9. The second kappa shape index (κ2) is 8.52. The van der Waals surface area contributed by atoms with E-state index >= 15 is 0 Å². The van der Waals surface area contributed by atoms with Gasteiger partial charge in [-0.15, -0.1) is 0 Å². The van der Waals surface area contributed by atoms with Crippen LogP contribution in [0.15, 0.2) is 0 Å². The Hall–Kier alpha value is -1.63. The second-order valence-corrected chi connectivity index (χ2v) is 5.13. The number of aliphatic carboxylic acids is 1. The third kappa shape index (κ3) is 6.51. The number of nitrogens with one attached hydrogen (secondary N) is 2. The molecule has 0 bridgehead atoms. The van der Waals surface area contributed by atoms with Crippen molar-refractivity contribution in [3.8, 4) is 0 Å². The number of carboxylic acids is 1. The largest absolute Gasteiger partial charge is 0.481 e. The first-order chi connectivity index (χ1) is 9.51. The number of imide groups is 1. The first kappa shape index (κ1) is 16.4. The number of urea groups is 1. The first-order valence-corrected chi connectivity index (χ1v) is 7.03. The van der Waals surface area contributed by atoms with E-state index in [0.29, 0.717) is 18.9 Å². The third-order valence-corrected chi connectivity index (χ3v) is 3.29. The minimum Gasteiger partial charge on any atom is -0.481 e. The summed E-state index contributed by atoms with van der Waals surface area (Å²) >= 11 is 0. The number of rotatable bonds is 7. The van der Waals surface area contributed by atoms with Gasteiger partial charge in [-0.1, -0.05) is 6.92 Å². The lowest BCUT2D eigenvalue weighted by Crippen LogP contribution is -2.44. The van der Waals surface area contributed by atoms with Gasteiger partial charge in [-0.25, -0.2) is 4.79 Å². The first-order valence-electron chi connectivity index (χ1n) is 7.03. The van der Waals surface area contributed by atoms with Gasteiger partial charge in [0.1, 0.15) is 0 Å². The normalized spacial score (nSPS) is 18.8. The summed E-state index contributed by atoms with van der Waals surface area (Å²) in [6, 6.07) is -0.460. The van der Waals surface area contributed by atoms with Gasteiger partial charge in [0.2, 0.25) is 5.91 Å². The van der Waals surface area contributed by atoms with E-state index in [2.05, 4.69) is 10.6 Å². The Labute approximate surface area is 118 Å². The predicted octanol–water partition coefficient (Wildman–Crippen LogP) is 0.409. The van der Waals surface area contributed by atoms with Crippen LogP contribution in [0.3, 0.4) is 0 Å². The van der Waals surface area contributed by atoms with Crippen LogP contribution in [0.5, 0.6) is 0 Å². The average molecular weight is 285 g/mol. The fraction of sp³-hybridized carbons (Fsp3) is 0.769. The molecule has 1 rings (SSSR count). The Morgan fingerprint density at radius 1 is 1.35 bits per heavy atom. The minimum absolute atomic E-state index is 0.171. The molecule has 114 valence electrons. The van der Waals surface area contributed by atoms with E-state index in [-0.39, 0.29) is 18.9 Å². The minimum atomic E-state index is -0.784. The van der Waals surface area contributed by atoms with Gasteiger partial charge in [-0.2, -0.15) is 0 Å². The van der Waals surface area contributed by atoms with Crippen LogP contribution in [0.2, 0.25) is 0 Å². The average Bonchev–Trinajstić information content (AvgIpc) is 2.81. The maximum absolute atomic E-state index is 11.6. The summed E-state index contributed by atoms with van der Waals surface area (Å²) in [4.78, 5) is 35.4. The number of carboxylic acid groups (broad SMARTS) is 1. The van der Waals surface area contributed by atoms with Gasteiger partial charge in [0.25, 0.3) is 0 Å². The number of amides is 3. The summed E-state index contributed by atoms with van der Waals surface area (Å²) in [7, 11) is 0. The van der Waals surface area contributed by atoms with E-state index in [1.54, 1.807) is 0 Å². The van der Waals surface area contributed by atoms with Crippen LogP contribution in [-0.2, 0) is 9.59 Å². The molecule has 0 aromatic rings. The molecule has 0 aromatic heterocycles. The van der Waals surface area contributed by atoms with Gasteiger partial charge in [-0.3, -0.25) is 19.8 Å². The van der Waals surface area contributed by atoms with Crippen LogP contribution in [0.25, 0.3) is 0 Å². The summed E-state index contributed by atoms with van der Waals surface area (Å²) < 4.78 is 0. The van der Waals surface area contributed by atoms with Gasteiger partial charge in [0.05, 0.1) is 6.54 Å². The summed E-state index contributed by atoms with van der Waals surface area (Å²) in [6.45, 7) is 4.15. The Kier molecular flexibility index (Phi) is 7.00. The van der Waals surface area contributed by atoms with Crippen molar-refractivity contribution < 1.29 is 19.5 Å². The quantitative estimate of drug-likeness (QED) is 0.629. The van der Waals surface area contributed by atoms with E-state index in [0.717, 1.165) is 25.9 Å². The summed E-state index contributed by atoms with van der Waals surface area (Å²) in [5.74, 6) is -0.779. The molecule has 1 fully saturated rings. The lowest BCUT2D eigenvalue weighted by atomic mass is 10.0. The highest BCUT2D eigenvalue weighted by molar-refractivity contribution is 5.95. The molecule has 0 radical (unpaired) electrons. The number of hydrogen-bond acceptors (Lipinski definition) is 4. The van der Waals surface area contributed by atoms with Crippen LogP contribution < -0.4 is 10.6 Å². The Bertz CT molecular complexity index is 360. The molecule has 3 N–H and O–H groups in total. The van der Waals surface area contributed by atoms with Crippen molar-refractivity contribution in [3.05, 3.63) is 0 Å². The number of hydrogen-bond donors (Lipinski definition) is 3. The van der Waals surface area contributed by atoms with Gasteiger partial charge in [0, 0.05) is 19.5 Å². The molecule has 1 aliphatic heterocycles. The fourth-order valence-electron chi connectivity index (χ4n) is 2.27. The lowest BCUT2D eigenvalue weighted by molar-refractivity contribution is -0.137. The molecule has 1 heterocycles. The van der Waals surface area contributed by atoms with Crippen LogP contribution in [0.4, 0.5) is 4.79 Å². The molecule has 7 heteroatoms. The van der Waals surface area contributed by atoms with Gasteiger partial charge in [0.15, 0.2) is 0 Å². The topological polar surface area (TPSA) is 98.7 Å². The van der Waals surface area contributed by atoms with Crippen molar-refractivity contribution in [2.45, 2.75) is 32.6 Å². The van der Waals surface area contributed by atoms with Gasteiger partial charge < -0.3 is 10.4 Å². The zero-order chi connectivity index (χ0) is 15.0. The van der Waals surface area contributed by atoms with E-state index in [4.69, 9.17) is 5.11 Å². The molecule has 0 aliphatic carbocycles. The maximum atomic E-state index is 11.6. The molecule has 20 heavy (non-hydrogen) atoms. The number of carbonyl (C=O) groups excluding carboxylic acids is 2. The number of likely N-dealkylation sites (tertiary alicyclic amines) is 1. The molecule has 0 aromatic carbocycles. The van der Waals surface area contributed by atoms with Crippen molar-refractivity contribution in [2.75, 3.05) is 26.2 Å². The molecule has 0 spiro atoms. The second-order valence-electron chi connectivity index (χ2n) is 5.13. The van der Waals surface area contributed by atoms with Crippen molar-refractivity contribution in [3.63, 3.8) is 0 Å². The van der Waals surface area contributed by atoms with Crippen LogP contribution in [-0.4, -0.2) is 54.1 Å². The van der Waals surface area contributed by atoms with Gasteiger partial charge >= 0.3 is 12.0 Å². The van der Waals surface area contributed by atoms with Crippen molar-refractivity contribution in [1.29, 1.82) is 0 Å². The Balaban J connectivity index is 2.20. The zero-order valence-corrected chi connectivity index (χ0v) is 11.9. The monoisotopic (exact) mass is 285 g/mol. The summed E-state index contributed by atoms with van der Waals surface area (Å²) in [5.41, 5.74) is 0. The summed E-state index contributed by atoms with van der Waals surface area (Å²) in [5, 5.41) is 13.5. The SMILES string of the molecule is CCCNC(=O)NC(=O)CN1CCC(CCC(=O)O)C1. The molecule has 0 saturated carbocycles. The molecular weight excluding hydrogens is 262 g/mol. The molecule has 1 aliphatic rings. The fourth-order valence-corrected chi connectivity index (χ4v) is 2.27. The Morgan fingerprint density at radius 2 is 2.10 bits per heavy atom. The highest BCUT2D eigenvalue weighted by atomic mass is 16.4. The highest BCUT2D eigenvalue weighted by Crippen LogP contribution is 2.20. The van der Waals surface area contributed by atoms with Crippen molar-refractivity contribution >= 4 is 17.9 Å². The standard InChI is InChI=1S/C13H23N3O4/c1-2-6-14-13(20)15-11(17)9-16-7-5-10(8-16)3-4-12(18)19/h10H,2-9H2,1H3,(H,18,19)(H2,14,15,17,20). The van der Waals surface area contributed by atoms with Crippen molar-refractivity contribution in [2.24, 2.45) is 5.92 Å². The van der Waals surface area contributed by atoms with E-state index in [1.807, 2.05) is 11.8 Å². The molecule has 1 saturated heterocycles. The predicted molar refractivity (Wildman–Crippen MR) is 73.2 cm³/mol. The van der Waals surface area contributed by atoms with Gasteiger partial charge in [-0.05, 0) is 31.7 Å². The van der Waals surface area contributed by atoms with Crippen LogP contribution in [0, 0.1) is 5.92 Å². The summed E-state index contributed by atoms with van der Waals surface area (Å²) in [6.07, 6.45) is 2.54. The van der Waals surface area contributed by atoms with E-state index < -0.39 is 12.0 Å². The lowest BCUT2D eigenvalue weighted by Gasteiger charge is -2.15. The van der Waals surface area contributed by atoms with Crippen LogP contribution >= 0.6 is 0 Å². The molecule has 7 nitrogen and oxygen atoms in total. The molecule has 3 amide bonds. The van der Waals surface area contributed by atoms with Crippen LogP contribution in [0.1, 0.15) is 32.6 Å². The molecular formula is C13H23N3O4.